The Morgan fingerprint density at radius 3 is 2.55 bits per heavy atom. The number of rotatable bonds is 10. The van der Waals surface area contributed by atoms with E-state index in [-0.39, 0.29) is 24.1 Å². The molecule has 1 heterocycles. The maximum Gasteiger partial charge on any atom is 0.292 e. The van der Waals surface area contributed by atoms with Crippen LogP contribution in [-0.4, -0.2) is 66.1 Å². The Balaban J connectivity index is 1.63. The van der Waals surface area contributed by atoms with Gasteiger partial charge in [0.2, 0.25) is 5.91 Å². The number of nitrogens with zero attached hydrogens (tertiary/aromatic N) is 3. The average molecular weight is 427 g/mol. The van der Waals surface area contributed by atoms with Crippen molar-refractivity contribution in [2.45, 2.75) is 25.9 Å². The van der Waals surface area contributed by atoms with E-state index in [9.17, 15) is 14.9 Å². The minimum Gasteiger partial charge on any atom is -0.379 e. The topological polar surface area (TPSA) is 88.0 Å². The molecule has 1 aliphatic rings. The van der Waals surface area contributed by atoms with Crippen LogP contribution >= 0.6 is 0 Å². The maximum absolute atomic E-state index is 13.1. The zero-order valence-electron chi connectivity index (χ0n) is 17.9. The van der Waals surface area contributed by atoms with Crippen LogP contribution in [0.3, 0.4) is 0 Å². The molecule has 1 fully saturated rings. The number of amides is 1. The lowest BCUT2D eigenvalue weighted by Gasteiger charge is -2.35. The number of anilines is 1. The van der Waals surface area contributed by atoms with Crippen LogP contribution in [0.25, 0.3) is 0 Å². The molecular formula is C23H30N4O4. The molecule has 31 heavy (non-hydrogen) atoms. The molecule has 1 aliphatic heterocycles. The molecule has 0 spiro atoms. The van der Waals surface area contributed by atoms with E-state index in [1.807, 2.05) is 35.2 Å². The van der Waals surface area contributed by atoms with Crippen molar-refractivity contribution in [1.29, 1.82) is 0 Å². The molecular weight excluding hydrogens is 396 g/mol. The molecule has 2 aromatic rings. The van der Waals surface area contributed by atoms with E-state index in [2.05, 4.69) is 17.1 Å². The van der Waals surface area contributed by atoms with E-state index in [1.54, 1.807) is 18.2 Å². The second-order valence-corrected chi connectivity index (χ2v) is 7.72. The highest BCUT2D eigenvalue weighted by Gasteiger charge is 2.23. The summed E-state index contributed by atoms with van der Waals surface area (Å²) in [6.45, 7) is 6.92. The first-order valence-corrected chi connectivity index (χ1v) is 10.7. The van der Waals surface area contributed by atoms with Crippen molar-refractivity contribution >= 4 is 17.3 Å². The highest BCUT2D eigenvalue weighted by atomic mass is 16.6. The van der Waals surface area contributed by atoms with Gasteiger partial charge in [-0.05, 0) is 18.6 Å². The van der Waals surface area contributed by atoms with E-state index >= 15 is 0 Å². The van der Waals surface area contributed by atoms with Crippen LogP contribution in [-0.2, 0) is 16.1 Å². The standard InChI is InChI=1S/C23H30N4O4/c1-19(17-25-13-15-31-16-14-25)26(18-20-7-3-2-4-8-20)23(28)11-12-24-21-9-5-6-10-22(21)27(29)30/h2-10,19,24H,11-18H2,1H3. The van der Waals surface area contributed by atoms with Gasteiger partial charge < -0.3 is 15.0 Å². The van der Waals surface area contributed by atoms with Gasteiger partial charge in [0.05, 0.1) is 18.1 Å². The number of para-hydroxylation sites is 2. The molecule has 8 heteroatoms. The van der Waals surface area contributed by atoms with Crippen LogP contribution in [0.2, 0.25) is 0 Å². The lowest BCUT2D eigenvalue weighted by atomic mass is 10.1. The van der Waals surface area contributed by atoms with E-state index < -0.39 is 4.92 Å². The van der Waals surface area contributed by atoms with Gasteiger partial charge in [-0.2, -0.15) is 0 Å². The molecule has 3 rings (SSSR count). The van der Waals surface area contributed by atoms with Crippen molar-refractivity contribution in [2.75, 3.05) is 44.7 Å². The number of ether oxygens (including phenoxy) is 1. The van der Waals surface area contributed by atoms with Crippen LogP contribution in [0, 0.1) is 10.1 Å². The maximum atomic E-state index is 13.1. The number of nitro benzene ring substituents is 1. The number of morpholine rings is 1. The molecule has 0 aliphatic carbocycles. The van der Waals surface area contributed by atoms with Crippen molar-refractivity contribution in [3.8, 4) is 0 Å². The van der Waals surface area contributed by atoms with Gasteiger partial charge in [0.1, 0.15) is 5.69 Å². The zero-order chi connectivity index (χ0) is 22.1. The molecule has 0 aromatic heterocycles. The third-order valence-corrected chi connectivity index (χ3v) is 5.43. The van der Waals surface area contributed by atoms with E-state index in [0.29, 0.717) is 18.8 Å². The third kappa shape index (κ3) is 6.77. The van der Waals surface area contributed by atoms with E-state index in [4.69, 9.17) is 4.74 Å². The number of carbonyl (C=O) groups excluding carboxylic acids is 1. The number of nitro groups is 1. The zero-order valence-corrected chi connectivity index (χ0v) is 17.9. The van der Waals surface area contributed by atoms with Crippen LogP contribution in [0.15, 0.2) is 54.6 Å². The molecule has 0 saturated carbocycles. The normalized spacial score (nSPS) is 15.3. The smallest absolute Gasteiger partial charge is 0.292 e. The minimum atomic E-state index is -0.420. The molecule has 1 N–H and O–H groups in total. The molecule has 1 amide bonds. The van der Waals surface area contributed by atoms with Gasteiger partial charge in [-0.25, -0.2) is 0 Å². The molecule has 0 radical (unpaired) electrons. The lowest BCUT2D eigenvalue weighted by molar-refractivity contribution is -0.384. The minimum absolute atomic E-state index is 0.0109. The summed E-state index contributed by atoms with van der Waals surface area (Å²) >= 11 is 0. The van der Waals surface area contributed by atoms with Crippen molar-refractivity contribution in [3.63, 3.8) is 0 Å². The Morgan fingerprint density at radius 2 is 1.84 bits per heavy atom. The summed E-state index contributed by atoms with van der Waals surface area (Å²) in [4.78, 5) is 28.1. The Hall–Kier alpha value is -2.97. The van der Waals surface area contributed by atoms with Gasteiger partial charge in [0, 0.05) is 51.3 Å². The Kier molecular flexibility index (Phi) is 8.37. The fraction of sp³-hybridized carbons (Fsp3) is 0.435. The van der Waals surface area contributed by atoms with Crippen LogP contribution < -0.4 is 5.32 Å². The van der Waals surface area contributed by atoms with Gasteiger partial charge in [-0.1, -0.05) is 42.5 Å². The number of hydrogen-bond acceptors (Lipinski definition) is 6. The van der Waals surface area contributed by atoms with Crippen LogP contribution in [0.5, 0.6) is 0 Å². The largest absolute Gasteiger partial charge is 0.379 e. The van der Waals surface area contributed by atoms with E-state index in [0.717, 1.165) is 38.4 Å². The van der Waals surface area contributed by atoms with Crippen molar-refractivity contribution in [3.05, 3.63) is 70.3 Å². The second-order valence-electron chi connectivity index (χ2n) is 7.72. The molecule has 8 nitrogen and oxygen atoms in total. The third-order valence-electron chi connectivity index (χ3n) is 5.43. The monoisotopic (exact) mass is 426 g/mol. The molecule has 1 saturated heterocycles. The van der Waals surface area contributed by atoms with E-state index in [1.165, 1.54) is 6.07 Å². The van der Waals surface area contributed by atoms with Crippen molar-refractivity contribution in [1.82, 2.24) is 9.80 Å². The highest BCUT2D eigenvalue weighted by Crippen LogP contribution is 2.23. The Labute approximate surface area is 182 Å². The molecule has 1 atom stereocenters. The summed E-state index contributed by atoms with van der Waals surface area (Å²) < 4.78 is 5.43. The molecule has 0 bridgehead atoms. The fourth-order valence-corrected chi connectivity index (χ4v) is 3.76. The molecule has 1 unspecified atom stereocenters. The predicted octanol–water partition coefficient (Wildman–Crippen LogP) is 3.15. The quantitative estimate of drug-likeness (QED) is 0.464. The van der Waals surface area contributed by atoms with Gasteiger partial charge in [-0.15, -0.1) is 0 Å². The van der Waals surface area contributed by atoms with Crippen LogP contribution in [0.1, 0.15) is 18.9 Å². The SMILES string of the molecule is CC(CN1CCOCC1)N(Cc1ccccc1)C(=O)CCNc1ccccc1[N+](=O)[O-]. The van der Waals surface area contributed by atoms with Gasteiger partial charge in [-0.3, -0.25) is 19.8 Å². The number of benzene rings is 2. The lowest BCUT2D eigenvalue weighted by Crippen LogP contribution is -2.48. The fourth-order valence-electron chi connectivity index (χ4n) is 3.76. The van der Waals surface area contributed by atoms with Crippen LogP contribution in [0.4, 0.5) is 11.4 Å². The number of carbonyl (C=O) groups is 1. The summed E-state index contributed by atoms with van der Waals surface area (Å²) in [6.07, 6.45) is 0.256. The first kappa shape index (κ1) is 22.7. The van der Waals surface area contributed by atoms with Gasteiger partial charge in [0.15, 0.2) is 0 Å². The summed E-state index contributed by atoms with van der Waals surface area (Å²) in [6, 6.07) is 16.5. The Bertz CT molecular complexity index is 856. The molecule has 2 aromatic carbocycles. The Morgan fingerprint density at radius 1 is 1.16 bits per heavy atom. The first-order chi connectivity index (χ1) is 15.0. The highest BCUT2D eigenvalue weighted by molar-refractivity contribution is 5.77. The van der Waals surface area contributed by atoms with Crippen molar-refractivity contribution < 1.29 is 14.5 Å². The predicted molar refractivity (Wildman–Crippen MR) is 120 cm³/mol. The number of hydrogen-bond donors (Lipinski definition) is 1. The van der Waals surface area contributed by atoms with Gasteiger partial charge >= 0.3 is 0 Å². The van der Waals surface area contributed by atoms with Crippen molar-refractivity contribution in [2.24, 2.45) is 0 Å². The summed E-state index contributed by atoms with van der Waals surface area (Å²) in [5.41, 5.74) is 1.52. The second kappa shape index (κ2) is 11.4. The number of nitrogens with one attached hydrogen (secondary N) is 1. The average Bonchev–Trinajstić information content (AvgIpc) is 2.79. The summed E-state index contributed by atoms with van der Waals surface area (Å²) in [7, 11) is 0. The summed E-state index contributed by atoms with van der Waals surface area (Å²) in [5.74, 6) is 0.0238. The molecule has 166 valence electrons. The summed E-state index contributed by atoms with van der Waals surface area (Å²) in [5, 5.41) is 14.2. The van der Waals surface area contributed by atoms with Gasteiger partial charge in [0.25, 0.3) is 5.69 Å². The first-order valence-electron chi connectivity index (χ1n) is 10.7.